The van der Waals surface area contributed by atoms with Gasteiger partial charge in [0.2, 0.25) is 0 Å². The van der Waals surface area contributed by atoms with Crippen molar-refractivity contribution in [3.8, 4) is 0 Å². The molecule has 0 amide bonds. The Balaban J connectivity index is 1.88. The maximum atomic E-state index is 12.3. The normalized spacial score (nSPS) is 24.3. The highest BCUT2D eigenvalue weighted by molar-refractivity contribution is 7.99. The molecule has 0 aromatic heterocycles. The van der Waals surface area contributed by atoms with Crippen LogP contribution < -0.4 is 0 Å². The molecule has 13 heavy (non-hydrogen) atoms. The van der Waals surface area contributed by atoms with Gasteiger partial charge in [0.25, 0.3) is 5.92 Å². The van der Waals surface area contributed by atoms with Gasteiger partial charge < -0.3 is 5.11 Å². The van der Waals surface area contributed by atoms with E-state index in [1.807, 2.05) is 0 Å². The molecule has 0 spiro atoms. The summed E-state index contributed by atoms with van der Waals surface area (Å²) in [6.45, 7) is 0. The standard InChI is InChI=1S/C8H12F2O2S/c9-8(10)4-6(8)5-13-3-1-2-7(11)12/h6H,1-5H2,(H,11,12). The summed E-state index contributed by atoms with van der Waals surface area (Å²) in [6, 6.07) is 0. The average molecular weight is 210 g/mol. The van der Waals surface area contributed by atoms with E-state index in [1.165, 1.54) is 11.8 Å². The lowest BCUT2D eigenvalue weighted by molar-refractivity contribution is -0.137. The number of alkyl halides is 2. The van der Waals surface area contributed by atoms with Gasteiger partial charge in [0.15, 0.2) is 0 Å². The SMILES string of the molecule is O=C(O)CCCSCC1CC1(F)F. The molecule has 5 heteroatoms. The second-order valence-corrected chi connectivity index (χ2v) is 4.38. The lowest BCUT2D eigenvalue weighted by atomic mass is 10.3. The third kappa shape index (κ3) is 3.93. The van der Waals surface area contributed by atoms with Gasteiger partial charge in [-0.05, 0) is 12.2 Å². The van der Waals surface area contributed by atoms with Gasteiger partial charge in [0, 0.05) is 24.5 Å². The molecule has 1 unspecified atom stereocenters. The zero-order valence-electron chi connectivity index (χ0n) is 7.13. The van der Waals surface area contributed by atoms with Crippen LogP contribution in [0, 0.1) is 5.92 Å². The van der Waals surface area contributed by atoms with Crippen LogP contribution in [0.3, 0.4) is 0 Å². The van der Waals surface area contributed by atoms with E-state index in [0.29, 0.717) is 17.9 Å². The van der Waals surface area contributed by atoms with Crippen molar-refractivity contribution in [1.82, 2.24) is 0 Å². The summed E-state index contributed by atoms with van der Waals surface area (Å²) in [5.74, 6) is -2.58. The quantitative estimate of drug-likeness (QED) is 0.683. The topological polar surface area (TPSA) is 37.3 Å². The van der Waals surface area contributed by atoms with E-state index in [2.05, 4.69) is 0 Å². The van der Waals surface area contributed by atoms with Crippen molar-refractivity contribution in [2.45, 2.75) is 25.2 Å². The molecule has 76 valence electrons. The van der Waals surface area contributed by atoms with E-state index < -0.39 is 17.8 Å². The van der Waals surface area contributed by atoms with Crippen molar-refractivity contribution < 1.29 is 18.7 Å². The number of carboxylic acid groups (broad SMARTS) is 1. The number of carboxylic acids is 1. The summed E-state index contributed by atoms with van der Waals surface area (Å²) in [5, 5.41) is 8.29. The summed E-state index contributed by atoms with van der Waals surface area (Å²) in [7, 11) is 0. The maximum Gasteiger partial charge on any atom is 0.303 e. The Kier molecular flexibility index (Phi) is 3.53. The highest BCUT2D eigenvalue weighted by atomic mass is 32.2. The van der Waals surface area contributed by atoms with Gasteiger partial charge in [0.05, 0.1) is 0 Å². The van der Waals surface area contributed by atoms with Crippen LogP contribution in [0.15, 0.2) is 0 Å². The minimum atomic E-state index is -2.43. The smallest absolute Gasteiger partial charge is 0.303 e. The molecule has 2 nitrogen and oxygen atoms in total. The van der Waals surface area contributed by atoms with Crippen LogP contribution in [0.25, 0.3) is 0 Å². The molecule has 0 aliphatic heterocycles. The molecule has 1 N–H and O–H groups in total. The zero-order chi connectivity index (χ0) is 9.90. The molecule has 0 heterocycles. The highest BCUT2D eigenvalue weighted by Gasteiger charge is 2.56. The molecule has 1 saturated carbocycles. The van der Waals surface area contributed by atoms with Gasteiger partial charge in [-0.25, -0.2) is 8.78 Å². The number of carbonyl (C=O) groups is 1. The third-order valence-corrected chi connectivity index (χ3v) is 3.17. The fraction of sp³-hybridized carbons (Fsp3) is 0.875. The van der Waals surface area contributed by atoms with Crippen molar-refractivity contribution in [3.63, 3.8) is 0 Å². The van der Waals surface area contributed by atoms with Crippen LogP contribution in [0.4, 0.5) is 8.78 Å². The number of rotatable bonds is 6. The van der Waals surface area contributed by atoms with E-state index in [4.69, 9.17) is 5.11 Å². The lowest BCUT2D eigenvalue weighted by Crippen LogP contribution is -1.98. The van der Waals surface area contributed by atoms with E-state index in [9.17, 15) is 13.6 Å². The van der Waals surface area contributed by atoms with E-state index in [1.54, 1.807) is 0 Å². The minimum Gasteiger partial charge on any atom is -0.481 e. The number of aliphatic carboxylic acids is 1. The maximum absolute atomic E-state index is 12.3. The first-order valence-electron chi connectivity index (χ1n) is 4.20. The second-order valence-electron chi connectivity index (χ2n) is 3.23. The summed E-state index contributed by atoms with van der Waals surface area (Å²) >= 11 is 1.42. The molecule has 0 aromatic rings. The van der Waals surface area contributed by atoms with Crippen LogP contribution in [-0.2, 0) is 4.79 Å². The predicted octanol–water partition coefficient (Wildman–Crippen LogP) is 2.24. The largest absolute Gasteiger partial charge is 0.481 e. The Hall–Kier alpha value is -0.320. The van der Waals surface area contributed by atoms with Crippen LogP contribution in [0.1, 0.15) is 19.3 Å². The van der Waals surface area contributed by atoms with Gasteiger partial charge in [0.1, 0.15) is 0 Å². The van der Waals surface area contributed by atoms with Crippen molar-refractivity contribution >= 4 is 17.7 Å². The zero-order valence-corrected chi connectivity index (χ0v) is 7.95. The summed E-state index contributed by atoms with van der Waals surface area (Å²) in [5.41, 5.74) is 0. The fourth-order valence-corrected chi connectivity index (χ4v) is 2.16. The van der Waals surface area contributed by atoms with Gasteiger partial charge in [-0.2, -0.15) is 11.8 Å². The van der Waals surface area contributed by atoms with Gasteiger partial charge >= 0.3 is 5.97 Å². The molecule has 0 saturated heterocycles. The fourth-order valence-electron chi connectivity index (χ4n) is 1.00. The van der Waals surface area contributed by atoms with E-state index >= 15 is 0 Å². The van der Waals surface area contributed by atoms with Gasteiger partial charge in [-0.3, -0.25) is 4.79 Å². The molecular weight excluding hydrogens is 198 g/mol. The monoisotopic (exact) mass is 210 g/mol. The summed E-state index contributed by atoms with van der Waals surface area (Å²) < 4.78 is 24.7. The minimum absolute atomic E-state index is 0.0128. The van der Waals surface area contributed by atoms with Crippen LogP contribution >= 0.6 is 11.8 Å². The highest BCUT2D eigenvalue weighted by Crippen LogP contribution is 2.50. The third-order valence-electron chi connectivity index (χ3n) is 1.95. The van der Waals surface area contributed by atoms with Crippen molar-refractivity contribution in [1.29, 1.82) is 0 Å². The van der Waals surface area contributed by atoms with Crippen molar-refractivity contribution in [3.05, 3.63) is 0 Å². The molecular formula is C8H12F2O2S. The second kappa shape index (κ2) is 4.26. The van der Waals surface area contributed by atoms with Crippen LogP contribution in [0.5, 0.6) is 0 Å². The Morgan fingerprint density at radius 1 is 1.62 bits per heavy atom. The van der Waals surface area contributed by atoms with Gasteiger partial charge in [-0.15, -0.1) is 0 Å². The Labute approximate surface area is 79.7 Å². The van der Waals surface area contributed by atoms with Crippen molar-refractivity contribution in [2.24, 2.45) is 5.92 Å². The Morgan fingerprint density at radius 3 is 2.69 bits per heavy atom. The molecule has 1 fully saturated rings. The molecule has 1 aliphatic carbocycles. The molecule has 0 radical (unpaired) electrons. The first kappa shape index (κ1) is 10.8. The number of thioether (sulfide) groups is 1. The van der Waals surface area contributed by atoms with Gasteiger partial charge in [-0.1, -0.05) is 0 Å². The molecule has 1 rings (SSSR count). The average Bonchev–Trinajstić information content (AvgIpc) is 2.58. The predicted molar refractivity (Wildman–Crippen MR) is 47.2 cm³/mol. The first-order chi connectivity index (χ1) is 6.02. The first-order valence-corrected chi connectivity index (χ1v) is 5.35. The summed E-state index contributed by atoms with van der Waals surface area (Å²) in [4.78, 5) is 10.1. The molecule has 1 aliphatic rings. The molecule has 1 atom stereocenters. The number of halogens is 2. The number of hydrogen-bond acceptors (Lipinski definition) is 2. The Morgan fingerprint density at radius 2 is 2.23 bits per heavy atom. The van der Waals surface area contributed by atoms with E-state index in [-0.39, 0.29) is 12.8 Å². The van der Waals surface area contributed by atoms with Crippen LogP contribution in [0.2, 0.25) is 0 Å². The summed E-state index contributed by atoms with van der Waals surface area (Å²) in [6.07, 6.45) is 0.714. The van der Waals surface area contributed by atoms with E-state index in [0.717, 1.165) is 0 Å². The molecule has 0 aromatic carbocycles. The Bertz CT molecular complexity index is 197. The van der Waals surface area contributed by atoms with Crippen LogP contribution in [-0.4, -0.2) is 28.5 Å². The number of hydrogen-bond donors (Lipinski definition) is 1. The van der Waals surface area contributed by atoms with Crippen molar-refractivity contribution in [2.75, 3.05) is 11.5 Å². The molecule has 0 bridgehead atoms. The lowest BCUT2D eigenvalue weighted by Gasteiger charge is -1.98.